The van der Waals surface area contributed by atoms with Gasteiger partial charge in [0.2, 0.25) is 0 Å². The van der Waals surface area contributed by atoms with Gasteiger partial charge in [0.05, 0.1) is 6.61 Å². The summed E-state index contributed by atoms with van der Waals surface area (Å²) in [7, 11) is -4.60. The van der Waals surface area contributed by atoms with E-state index in [0.29, 0.717) is 12.8 Å². The van der Waals surface area contributed by atoms with E-state index in [1.54, 1.807) is 0 Å². The van der Waals surface area contributed by atoms with Crippen molar-refractivity contribution in [3.8, 4) is 0 Å². The van der Waals surface area contributed by atoms with Crippen LogP contribution in [0, 0.1) is 0 Å². The van der Waals surface area contributed by atoms with Crippen LogP contribution in [0.1, 0.15) is 226 Å². The molecule has 1 aliphatic rings. The van der Waals surface area contributed by atoms with Gasteiger partial charge in [-0.2, -0.15) is 8.42 Å². The topological polar surface area (TPSA) is 186 Å². The van der Waals surface area contributed by atoms with Gasteiger partial charge in [-0.25, -0.2) is 0 Å². The monoisotopic (exact) mass is 891 g/mol. The van der Waals surface area contributed by atoms with E-state index in [2.05, 4.69) is 26.0 Å². The Labute approximate surface area is 371 Å². The lowest BCUT2D eigenvalue weighted by atomic mass is 10.00. The highest BCUT2D eigenvalue weighted by Gasteiger charge is 2.46. The average Bonchev–Trinajstić information content (AvgIpc) is 3.22. The first-order valence-electron chi connectivity index (χ1n) is 24.7. The van der Waals surface area contributed by atoms with Crippen molar-refractivity contribution in [3.63, 3.8) is 0 Å². The molecule has 0 saturated carbocycles. The lowest BCUT2D eigenvalue weighted by molar-refractivity contribution is -0.297. The molecule has 13 heteroatoms. The molecule has 0 bridgehead atoms. The number of unbranched alkanes of at least 4 members (excludes halogenated alkanes) is 28. The summed E-state index contributed by atoms with van der Waals surface area (Å²) in [4.78, 5) is 25.5. The van der Waals surface area contributed by atoms with Crippen LogP contribution < -0.4 is 0 Å². The van der Waals surface area contributed by atoms with Gasteiger partial charge in [-0.05, 0) is 32.1 Å². The SMILES string of the molecule is CCCC/C=C/CCCCCCCCCCCC(=O)OC[C@H](CO[C@H]1O[C@H](CS(=O)(=O)O)[C@@H](O)C(O)C1O)OC(=O)CCCCCCCCCCCCCCCCCCCC. The van der Waals surface area contributed by atoms with Crippen molar-refractivity contribution in [1.29, 1.82) is 0 Å². The van der Waals surface area contributed by atoms with Crippen molar-refractivity contribution in [2.24, 2.45) is 0 Å². The summed E-state index contributed by atoms with van der Waals surface area (Å²) in [5, 5.41) is 30.9. The molecule has 61 heavy (non-hydrogen) atoms. The van der Waals surface area contributed by atoms with Crippen molar-refractivity contribution < 1.29 is 56.8 Å². The molecule has 6 atom stereocenters. The van der Waals surface area contributed by atoms with E-state index in [9.17, 15) is 37.9 Å². The summed E-state index contributed by atoms with van der Waals surface area (Å²) < 4.78 is 54.2. The van der Waals surface area contributed by atoms with E-state index in [-0.39, 0.29) is 19.4 Å². The van der Waals surface area contributed by atoms with Crippen LogP contribution in [0.5, 0.6) is 0 Å². The molecule has 0 aromatic heterocycles. The summed E-state index contributed by atoms with van der Waals surface area (Å²) in [6.45, 7) is 3.76. The number of esters is 2. The van der Waals surface area contributed by atoms with E-state index >= 15 is 0 Å². The van der Waals surface area contributed by atoms with E-state index in [1.807, 2.05) is 0 Å². The first-order chi connectivity index (χ1) is 29.5. The fourth-order valence-corrected chi connectivity index (χ4v) is 8.41. The fourth-order valence-electron chi connectivity index (χ4n) is 7.72. The van der Waals surface area contributed by atoms with Crippen molar-refractivity contribution in [1.82, 2.24) is 0 Å². The maximum absolute atomic E-state index is 12.8. The molecule has 1 aliphatic heterocycles. The Kier molecular flexibility index (Phi) is 36.5. The molecule has 12 nitrogen and oxygen atoms in total. The van der Waals surface area contributed by atoms with Gasteiger partial charge < -0.3 is 34.3 Å². The maximum atomic E-state index is 12.8. The standard InChI is InChI=1S/C48H90O12S/c1-3-5-7-9-11-13-15-17-19-20-21-23-25-27-29-31-33-35-37-44(50)59-41(39-58-48-47(53)46(52)45(51)42(60-48)40-61(54,55)56)38-57-43(49)36-34-32-30-28-26-24-22-18-16-14-12-10-8-6-4-2/h10,12,41-42,45-48,51-53H,3-9,11,13-40H2,1-2H3,(H,54,55,56)/b12-10+/t41-,42-,45-,46?,47?,48+/m1/s1. The second kappa shape index (κ2) is 38.8. The Morgan fingerprint density at radius 3 is 1.41 bits per heavy atom. The maximum Gasteiger partial charge on any atom is 0.306 e. The van der Waals surface area contributed by atoms with Crippen LogP contribution >= 0.6 is 0 Å². The van der Waals surface area contributed by atoms with Crippen molar-refractivity contribution in [3.05, 3.63) is 12.2 Å². The van der Waals surface area contributed by atoms with Gasteiger partial charge >= 0.3 is 11.9 Å². The van der Waals surface area contributed by atoms with Gasteiger partial charge in [0, 0.05) is 12.8 Å². The molecule has 0 aliphatic carbocycles. The van der Waals surface area contributed by atoms with E-state index in [0.717, 1.165) is 38.5 Å². The minimum absolute atomic E-state index is 0.170. The summed E-state index contributed by atoms with van der Waals surface area (Å²) in [5.41, 5.74) is 0. The average molecular weight is 891 g/mol. The first-order valence-corrected chi connectivity index (χ1v) is 26.4. The van der Waals surface area contributed by atoms with Crippen LogP contribution in [0.3, 0.4) is 0 Å². The highest BCUT2D eigenvalue weighted by Crippen LogP contribution is 2.24. The minimum Gasteiger partial charge on any atom is -0.462 e. The van der Waals surface area contributed by atoms with Crippen LogP contribution in [0.25, 0.3) is 0 Å². The van der Waals surface area contributed by atoms with Crippen molar-refractivity contribution in [2.75, 3.05) is 19.0 Å². The smallest absolute Gasteiger partial charge is 0.306 e. The third-order valence-electron chi connectivity index (χ3n) is 11.6. The zero-order valence-corrected chi connectivity index (χ0v) is 39.4. The minimum atomic E-state index is -4.60. The molecule has 0 aromatic rings. The summed E-state index contributed by atoms with van der Waals surface area (Å²) in [5.74, 6) is -1.97. The Balaban J connectivity index is 2.38. The normalized spacial score (nSPS) is 20.0. The third kappa shape index (κ3) is 33.6. The lowest BCUT2D eigenvalue weighted by Gasteiger charge is -2.40. The number of allylic oxidation sites excluding steroid dienone is 2. The number of carbonyl (C=O) groups excluding carboxylic acids is 2. The zero-order chi connectivity index (χ0) is 44.8. The van der Waals surface area contributed by atoms with E-state index < -0.39 is 71.2 Å². The van der Waals surface area contributed by atoms with Crippen LogP contribution in [0.15, 0.2) is 12.2 Å². The summed E-state index contributed by atoms with van der Waals surface area (Å²) in [6.07, 6.45) is 32.5. The molecule has 4 N–H and O–H groups in total. The lowest BCUT2D eigenvalue weighted by Crippen LogP contribution is -2.60. The van der Waals surface area contributed by atoms with Crippen LogP contribution in [0.2, 0.25) is 0 Å². The second-order valence-corrected chi connectivity index (χ2v) is 19.0. The van der Waals surface area contributed by atoms with Gasteiger partial charge in [-0.3, -0.25) is 14.1 Å². The molecular weight excluding hydrogens is 801 g/mol. The van der Waals surface area contributed by atoms with E-state index in [4.69, 9.17) is 18.9 Å². The predicted molar refractivity (Wildman–Crippen MR) is 243 cm³/mol. The van der Waals surface area contributed by atoms with Gasteiger partial charge in [-0.15, -0.1) is 0 Å². The number of rotatable bonds is 42. The molecule has 1 saturated heterocycles. The van der Waals surface area contributed by atoms with Crippen molar-refractivity contribution >= 4 is 22.1 Å². The Morgan fingerprint density at radius 2 is 0.951 bits per heavy atom. The Hall–Kier alpha value is -1.61. The highest BCUT2D eigenvalue weighted by atomic mass is 32.2. The van der Waals surface area contributed by atoms with Crippen molar-refractivity contribution in [2.45, 2.75) is 263 Å². The van der Waals surface area contributed by atoms with E-state index in [1.165, 1.54) is 148 Å². The largest absolute Gasteiger partial charge is 0.462 e. The quantitative estimate of drug-likeness (QED) is 0.0197. The molecule has 1 fully saturated rings. The molecular formula is C48H90O12S. The first kappa shape index (κ1) is 57.4. The number of ether oxygens (including phenoxy) is 4. The molecule has 1 heterocycles. The predicted octanol–water partition coefficient (Wildman–Crippen LogP) is 10.6. The van der Waals surface area contributed by atoms with Gasteiger partial charge in [0.1, 0.15) is 36.8 Å². The van der Waals surface area contributed by atoms with Gasteiger partial charge in [0.25, 0.3) is 10.1 Å². The molecule has 2 unspecified atom stereocenters. The number of hydrogen-bond donors (Lipinski definition) is 4. The highest BCUT2D eigenvalue weighted by molar-refractivity contribution is 7.85. The molecule has 0 radical (unpaired) electrons. The number of carbonyl (C=O) groups is 2. The Morgan fingerprint density at radius 1 is 0.541 bits per heavy atom. The fraction of sp³-hybridized carbons (Fsp3) is 0.917. The molecule has 0 aromatic carbocycles. The second-order valence-electron chi connectivity index (χ2n) is 17.5. The van der Waals surface area contributed by atoms with Gasteiger partial charge in [-0.1, -0.05) is 193 Å². The molecule has 1 rings (SSSR count). The molecule has 0 amide bonds. The zero-order valence-electron chi connectivity index (χ0n) is 38.5. The Bertz CT molecular complexity index is 1180. The van der Waals surface area contributed by atoms with Crippen LogP contribution in [-0.2, 0) is 38.7 Å². The van der Waals surface area contributed by atoms with Crippen LogP contribution in [-0.4, -0.2) is 96.0 Å². The van der Waals surface area contributed by atoms with Gasteiger partial charge in [0.15, 0.2) is 12.4 Å². The third-order valence-corrected chi connectivity index (χ3v) is 12.3. The summed E-state index contributed by atoms with van der Waals surface area (Å²) in [6, 6.07) is 0. The summed E-state index contributed by atoms with van der Waals surface area (Å²) >= 11 is 0. The number of aliphatic hydroxyl groups is 3. The molecule has 0 spiro atoms. The molecule has 360 valence electrons. The van der Waals surface area contributed by atoms with Crippen LogP contribution in [0.4, 0.5) is 0 Å². The number of aliphatic hydroxyl groups excluding tert-OH is 3. The number of hydrogen-bond acceptors (Lipinski definition) is 11.